The predicted octanol–water partition coefficient (Wildman–Crippen LogP) is 3.94. The summed E-state index contributed by atoms with van der Waals surface area (Å²) in [6, 6.07) is 14.7. The summed E-state index contributed by atoms with van der Waals surface area (Å²) in [5, 5.41) is 8.20. The molecule has 2 aromatic carbocycles. The zero-order valence-electron chi connectivity index (χ0n) is 14.5. The smallest absolute Gasteiger partial charge is 0.277 e. The summed E-state index contributed by atoms with van der Waals surface area (Å²) in [5.74, 6) is 2.04. The average molecular weight is 370 g/mol. The van der Waals surface area contributed by atoms with Gasteiger partial charge in [0.05, 0.1) is 12.9 Å². The minimum absolute atomic E-state index is 0.0178. The molecule has 0 aliphatic heterocycles. The van der Waals surface area contributed by atoms with Crippen LogP contribution in [0.4, 0.5) is 0 Å². The third kappa shape index (κ3) is 4.86. The number of ether oxygens (including phenoxy) is 2. The Labute approximate surface area is 155 Å². The van der Waals surface area contributed by atoms with Gasteiger partial charge in [0.1, 0.15) is 11.5 Å². The van der Waals surface area contributed by atoms with Crippen LogP contribution in [0.1, 0.15) is 21.8 Å². The summed E-state index contributed by atoms with van der Waals surface area (Å²) in [6.07, 6.45) is 0. The lowest BCUT2D eigenvalue weighted by Gasteiger charge is -2.04. The Bertz CT molecular complexity index is 860. The second kappa shape index (κ2) is 8.53. The largest absolute Gasteiger partial charge is 0.497 e. The van der Waals surface area contributed by atoms with Crippen LogP contribution < -0.4 is 9.47 Å². The first-order valence-corrected chi connectivity index (χ1v) is 8.94. The van der Waals surface area contributed by atoms with Crippen molar-refractivity contribution in [2.75, 3.05) is 12.9 Å². The number of carbonyl (C=O) groups excluding carboxylic acids is 1. The highest BCUT2D eigenvalue weighted by Crippen LogP contribution is 2.20. The summed E-state index contributed by atoms with van der Waals surface area (Å²) >= 11 is 1.21. The van der Waals surface area contributed by atoms with E-state index in [9.17, 15) is 4.79 Å². The monoisotopic (exact) mass is 370 g/mol. The van der Waals surface area contributed by atoms with Crippen molar-refractivity contribution in [2.24, 2.45) is 0 Å². The Balaban J connectivity index is 1.49. The molecule has 0 spiro atoms. The van der Waals surface area contributed by atoms with E-state index in [1.54, 1.807) is 31.4 Å². The van der Waals surface area contributed by atoms with Crippen molar-refractivity contribution in [3.63, 3.8) is 0 Å². The molecule has 0 aliphatic carbocycles. The molecule has 0 aliphatic rings. The normalized spacial score (nSPS) is 10.5. The fourth-order valence-electron chi connectivity index (χ4n) is 2.12. The predicted molar refractivity (Wildman–Crippen MR) is 97.9 cm³/mol. The molecule has 7 heteroatoms. The van der Waals surface area contributed by atoms with Crippen LogP contribution in [-0.4, -0.2) is 28.8 Å². The molecule has 1 heterocycles. The molecule has 6 nitrogen and oxygen atoms in total. The molecule has 0 unspecified atom stereocenters. The second-order valence-electron chi connectivity index (χ2n) is 5.50. The molecule has 26 heavy (non-hydrogen) atoms. The molecule has 3 rings (SSSR count). The molecule has 0 radical (unpaired) electrons. The number of nitrogens with zero attached hydrogens (tertiary/aromatic N) is 2. The van der Waals surface area contributed by atoms with Crippen LogP contribution in [0.25, 0.3) is 0 Å². The molecule has 3 aromatic rings. The molecular weight excluding hydrogens is 352 g/mol. The number of aromatic nitrogens is 2. The SMILES string of the molecule is COc1ccc(OCc2nnc(SCC(=O)c3ccc(C)cc3)o2)cc1. The molecule has 0 N–H and O–H groups in total. The number of carbonyl (C=O) groups is 1. The topological polar surface area (TPSA) is 74.5 Å². The fourth-order valence-corrected chi connectivity index (χ4v) is 2.80. The van der Waals surface area contributed by atoms with E-state index in [2.05, 4.69) is 10.2 Å². The molecule has 0 fully saturated rings. The number of hydrogen-bond donors (Lipinski definition) is 0. The van der Waals surface area contributed by atoms with Gasteiger partial charge in [-0.25, -0.2) is 0 Å². The highest BCUT2D eigenvalue weighted by molar-refractivity contribution is 7.99. The number of rotatable bonds is 8. The molecule has 0 bridgehead atoms. The van der Waals surface area contributed by atoms with E-state index in [1.807, 2.05) is 31.2 Å². The van der Waals surface area contributed by atoms with E-state index < -0.39 is 0 Å². The quantitative estimate of drug-likeness (QED) is 0.439. The van der Waals surface area contributed by atoms with E-state index in [0.29, 0.717) is 22.4 Å². The van der Waals surface area contributed by atoms with Gasteiger partial charge in [0, 0.05) is 5.56 Å². The number of ketones is 1. The standard InChI is InChI=1S/C19H18N2O4S/c1-13-3-5-14(6-4-13)17(22)12-26-19-21-20-18(25-19)11-24-16-9-7-15(23-2)8-10-16/h3-10H,11-12H2,1-2H3. The van der Waals surface area contributed by atoms with Gasteiger partial charge in [-0.15, -0.1) is 10.2 Å². The van der Waals surface area contributed by atoms with Crippen molar-refractivity contribution >= 4 is 17.5 Å². The maximum absolute atomic E-state index is 12.2. The van der Waals surface area contributed by atoms with Gasteiger partial charge in [0.15, 0.2) is 12.4 Å². The van der Waals surface area contributed by atoms with Gasteiger partial charge >= 0.3 is 0 Å². The fraction of sp³-hybridized carbons (Fsp3) is 0.211. The number of methoxy groups -OCH3 is 1. The molecule has 0 amide bonds. The van der Waals surface area contributed by atoms with Crippen molar-refractivity contribution in [2.45, 2.75) is 18.8 Å². The number of benzene rings is 2. The lowest BCUT2D eigenvalue weighted by atomic mass is 10.1. The van der Waals surface area contributed by atoms with E-state index in [4.69, 9.17) is 13.9 Å². The van der Waals surface area contributed by atoms with Crippen LogP contribution in [0.3, 0.4) is 0 Å². The van der Waals surface area contributed by atoms with Crippen LogP contribution in [-0.2, 0) is 6.61 Å². The van der Waals surface area contributed by atoms with Crippen molar-refractivity contribution in [1.29, 1.82) is 0 Å². The van der Waals surface area contributed by atoms with Gasteiger partial charge in [0.2, 0.25) is 0 Å². The van der Waals surface area contributed by atoms with Crippen LogP contribution in [0.2, 0.25) is 0 Å². The molecular formula is C19H18N2O4S. The van der Waals surface area contributed by atoms with Crippen molar-refractivity contribution < 1.29 is 18.7 Å². The van der Waals surface area contributed by atoms with Gasteiger partial charge in [-0.1, -0.05) is 41.6 Å². The van der Waals surface area contributed by atoms with E-state index in [0.717, 1.165) is 11.3 Å². The van der Waals surface area contributed by atoms with Gasteiger partial charge in [-0.2, -0.15) is 0 Å². The third-order valence-corrected chi connectivity index (χ3v) is 4.39. The summed E-state index contributed by atoms with van der Waals surface area (Å²) in [7, 11) is 1.61. The third-order valence-electron chi connectivity index (χ3n) is 3.57. The summed E-state index contributed by atoms with van der Waals surface area (Å²) < 4.78 is 16.2. The maximum atomic E-state index is 12.2. The first kappa shape index (κ1) is 18.0. The van der Waals surface area contributed by atoms with E-state index in [-0.39, 0.29) is 18.1 Å². The van der Waals surface area contributed by atoms with Crippen LogP contribution in [0, 0.1) is 6.92 Å². The lowest BCUT2D eigenvalue weighted by molar-refractivity contribution is 0.102. The Morgan fingerprint density at radius 3 is 2.42 bits per heavy atom. The molecule has 0 saturated carbocycles. The molecule has 134 valence electrons. The molecule has 1 aromatic heterocycles. The zero-order valence-corrected chi connectivity index (χ0v) is 15.3. The Hall–Kier alpha value is -2.80. The number of Topliss-reactive ketones (excluding diaryl/α,β-unsaturated/α-hetero) is 1. The Morgan fingerprint density at radius 1 is 1.04 bits per heavy atom. The number of thioether (sulfide) groups is 1. The van der Waals surface area contributed by atoms with E-state index in [1.165, 1.54) is 11.8 Å². The minimum Gasteiger partial charge on any atom is -0.497 e. The Morgan fingerprint density at radius 2 is 1.73 bits per heavy atom. The van der Waals surface area contributed by atoms with Crippen molar-refractivity contribution in [3.8, 4) is 11.5 Å². The van der Waals surface area contributed by atoms with Crippen LogP contribution in [0.5, 0.6) is 11.5 Å². The average Bonchev–Trinajstić information content (AvgIpc) is 3.13. The first-order valence-electron chi connectivity index (χ1n) is 7.96. The van der Waals surface area contributed by atoms with Gasteiger partial charge in [-0.05, 0) is 31.2 Å². The molecule has 0 saturated heterocycles. The summed E-state index contributed by atoms with van der Waals surface area (Å²) in [5.41, 5.74) is 1.79. The molecule has 0 atom stereocenters. The summed E-state index contributed by atoms with van der Waals surface area (Å²) in [6.45, 7) is 2.14. The first-order chi connectivity index (χ1) is 12.6. The van der Waals surface area contributed by atoms with Gasteiger partial charge < -0.3 is 13.9 Å². The van der Waals surface area contributed by atoms with Crippen molar-refractivity contribution in [3.05, 3.63) is 65.5 Å². The van der Waals surface area contributed by atoms with Gasteiger partial charge in [-0.3, -0.25) is 4.79 Å². The van der Waals surface area contributed by atoms with E-state index >= 15 is 0 Å². The van der Waals surface area contributed by atoms with Crippen LogP contribution in [0.15, 0.2) is 58.2 Å². The highest BCUT2D eigenvalue weighted by atomic mass is 32.2. The zero-order chi connectivity index (χ0) is 18.4. The minimum atomic E-state index is 0.0178. The van der Waals surface area contributed by atoms with Gasteiger partial charge in [0.25, 0.3) is 11.1 Å². The number of hydrogen-bond acceptors (Lipinski definition) is 7. The van der Waals surface area contributed by atoms with Crippen molar-refractivity contribution in [1.82, 2.24) is 10.2 Å². The Kier molecular flexibility index (Phi) is 5.91. The maximum Gasteiger partial charge on any atom is 0.277 e. The van der Waals surface area contributed by atoms with Crippen LogP contribution >= 0.6 is 11.8 Å². The summed E-state index contributed by atoms with van der Waals surface area (Å²) in [4.78, 5) is 12.2. The second-order valence-corrected chi connectivity index (χ2v) is 6.43. The lowest BCUT2D eigenvalue weighted by Crippen LogP contribution is -2.02. The highest BCUT2D eigenvalue weighted by Gasteiger charge is 2.11. The number of aryl methyl sites for hydroxylation is 1.